The lowest BCUT2D eigenvalue weighted by molar-refractivity contribution is -0.385. The van der Waals surface area contributed by atoms with Crippen LogP contribution in [0.4, 0.5) is 23.0 Å². The third-order valence-electron chi connectivity index (χ3n) is 5.18. The van der Waals surface area contributed by atoms with Gasteiger partial charge in [-0.3, -0.25) is 25.0 Å². The van der Waals surface area contributed by atoms with E-state index in [1.54, 1.807) is 0 Å². The lowest BCUT2D eigenvalue weighted by Crippen LogP contribution is -2.16. The molecule has 0 aliphatic heterocycles. The Morgan fingerprint density at radius 1 is 0.763 bits per heavy atom. The SMILES string of the molecule is CC(=O)Nc1ccc(S(=O)(=O)Nc2nc(-c3ccc([N+](=O)[O-])cc3)cc(-c3ccc([N+](=O)[O-])cc3)n2)cc1. The van der Waals surface area contributed by atoms with E-state index in [-0.39, 0.29) is 39.5 Å². The molecule has 1 amide bonds. The van der Waals surface area contributed by atoms with Crippen molar-refractivity contribution in [1.29, 1.82) is 0 Å². The van der Waals surface area contributed by atoms with Crippen LogP contribution in [0, 0.1) is 20.2 Å². The first-order valence-electron chi connectivity index (χ1n) is 10.8. The van der Waals surface area contributed by atoms with Crippen molar-refractivity contribution in [2.24, 2.45) is 0 Å². The Morgan fingerprint density at radius 3 is 1.61 bits per heavy atom. The third kappa shape index (κ3) is 5.93. The van der Waals surface area contributed by atoms with Gasteiger partial charge in [0.15, 0.2) is 0 Å². The number of anilines is 2. The van der Waals surface area contributed by atoms with Gasteiger partial charge in [-0.15, -0.1) is 0 Å². The number of aromatic nitrogens is 2. The molecule has 0 saturated heterocycles. The van der Waals surface area contributed by atoms with E-state index in [0.29, 0.717) is 16.8 Å². The largest absolute Gasteiger partial charge is 0.326 e. The van der Waals surface area contributed by atoms with Crippen LogP contribution in [0.1, 0.15) is 6.92 Å². The van der Waals surface area contributed by atoms with Crippen LogP contribution in [-0.4, -0.2) is 34.1 Å². The summed E-state index contributed by atoms with van der Waals surface area (Å²) in [6.07, 6.45) is 0. The van der Waals surface area contributed by atoms with Crippen molar-refractivity contribution < 1.29 is 23.1 Å². The molecule has 0 saturated carbocycles. The number of hydrogen-bond donors (Lipinski definition) is 2. The molecule has 14 heteroatoms. The van der Waals surface area contributed by atoms with E-state index in [9.17, 15) is 33.4 Å². The second-order valence-electron chi connectivity index (χ2n) is 7.88. The minimum atomic E-state index is -4.16. The zero-order valence-corrected chi connectivity index (χ0v) is 20.4. The predicted octanol–water partition coefficient (Wildman–Crippen LogP) is 4.39. The van der Waals surface area contributed by atoms with Crippen LogP contribution in [-0.2, 0) is 14.8 Å². The highest BCUT2D eigenvalue weighted by Gasteiger charge is 2.19. The van der Waals surface area contributed by atoms with E-state index in [2.05, 4.69) is 20.0 Å². The van der Waals surface area contributed by atoms with E-state index < -0.39 is 19.9 Å². The van der Waals surface area contributed by atoms with Gasteiger partial charge in [0.25, 0.3) is 21.4 Å². The molecule has 0 atom stereocenters. The summed E-state index contributed by atoms with van der Waals surface area (Å²) in [6.45, 7) is 1.32. The summed E-state index contributed by atoms with van der Waals surface area (Å²) in [4.78, 5) is 40.6. The van der Waals surface area contributed by atoms with Crippen LogP contribution in [0.15, 0.2) is 83.8 Å². The van der Waals surface area contributed by atoms with Crippen LogP contribution in [0.25, 0.3) is 22.5 Å². The number of non-ortho nitro benzene ring substituents is 2. The number of carbonyl (C=O) groups is 1. The molecule has 2 N–H and O–H groups in total. The van der Waals surface area contributed by atoms with Gasteiger partial charge in [0.1, 0.15) is 0 Å². The Balaban J connectivity index is 1.75. The van der Waals surface area contributed by atoms with Gasteiger partial charge in [0, 0.05) is 48.0 Å². The quantitative estimate of drug-likeness (QED) is 0.244. The van der Waals surface area contributed by atoms with Crippen LogP contribution in [0.3, 0.4) is 0 Å². The smallest absolute Gasteiger partial charge is 0.269 e. The van der Waals surface area contributed by atoms with Crippen molar-refractivity contribution in [3.05, 3.63) is 99.1 Å². The fourth-order valence-electron chi connectivity index (χ4n) is 3.40. The summed E-state index contributed by atoms with van der Waals surface area (Å²) >= 11 is 0. The number of sulfonamides is 1. The highest BCUT2D eigenvalue weighted by atomic mass is 32.2. The normalized spacial score (nSPS) is 11.0. The standard InChI is InChI=1S/C24H18N6O7S/c1-15(31)25-18-6-12-21(13-7-18)38(36,37)28-24-26-22(16-2-8-19(9-3-16)29(32)33)14-23(27-24)17-4-10-20(11-5-17)30(34)35/h2-14H,1H3,(H,25,31)(H,26,27,28). The number of benzene rings is 3. The molecule has 192 valence electrons. The van der Waals surface area contributed by atoms with Gasteiger partial charge in [-0.1, -0.05) is 0 Å². The zero-order valence-electron chi connectivity index (χ0n) is 19.6. The van der Waals surface area contributed by atoms with Gasteiger partial charge >= 0.3 is 0 Å². The minimum absolute atomic E-state index is 0.118. The predicted molar refractivity (Wildman–Crippen MR) is 138 cm³/mol. The molecule has 0 fully saturated rings. The lowest BCUT2D eigenvalue weighted by Gasteiger charge is -2.11. The molecule has 0 aliphatic rings. The van der Waals surface area contributed by atoms with E-state index in [4.69, 9.17) is 0 Å². The van der Waals surface area contributed by atoms with E-state index in [0.717, 1.165) is 0 Å². The van der Waals surface area contributed by atoms with Crippen molar-refractivity contribution in [1.82, 2.24) is 9.97 Å². The maximum Gasteiger partial charge on any atom is 0.269 e. The van der Waals surface area contributed by atoms with Gasteiger partial charge in [-0.05, 0) is 54.6 Å². The monoisotopic (exact) mass is 534 g/mol. The molecular formula is C24H18N6O7S. The fourth-order valence-corrected chi connectivity index (χ4v) is 4.34. The molecule has 38 heavy (non-hydrogen) atoms. The maximum absolute atomic E-state index is 13.0. The summed E-state index contributed by atoms with van der Waals surface area (Å²) in [5.41, 5.74) is 1.53. The molecule has 4 rings (SSSR count). The summed E-state index contributed by atoms with van der Waals surface area (Å²) in [6, 6.07) is 17.9. The van der Waals surface area contributed by atoms with Gasteiger partial charge in [0.2, 0.25) is 11.9 Å². The van der Waals surface area contributed by atoms with E-state index in [1.165, 1.54) is 85.8 Å². The lowest BCUT2D eigenvalue weighted by atomic mass is 10.1. The number of nitro benzene ring substituents is 2. The highest BCUT2D eigenvalue weighted by molar-refractivity contribution is 7.92. The van der Waals surface area contributed by atoms with Gasteiger partial charge in [0.05, 0.1) is 26.1 Å². The Morgan fingerprint density at radius 2 is 1.21 bits per heavy atom. The Labute approximate surface area is 215 Å². The Bertz CT molecular complexity index is 1560. The second-order valence-corrected chi connectivity index (χ2v) is 9.56. The Kier molecular flexibility index (Phi) is 7.07. The fraction of sp³-hybridized carbons (Fsp3) is 0.0417. The molecular weight excluding hydrogens is 516 g/mol. The first-order valence-corrected chi connectivity index (χ1v) is 12.3. The van der Waals surface area contributed by atoms with E-state index in [1.807, 2.05) is 0 Å². The first-order chi connectivity index (χ1) is 18.0. The van der Waals surface area contributed by atoms with Crippen molar-refractivity contribution in [3.8, 4) is 22.5 Å². The molecule has 3 aromatic carbocycles. The van der Waals surface area contributed by atoms with Crippen molar-refractivity contribution in [3.63, 3.8) is 0 Å². The van der Waals surface area contributed by atoms with Crippen LogP contribution in [0.5, 0.6) is 0 Å². The molecule has 0 bridgehead atoms. The third-order valence-corrected chi connectivity index (χ3v) is 6.53. The van der Waals surface area contributed by atoms with E-state index >= 15 is 0 Å². The number of nitrogens with zero attached hydrogens (tertiary/aromatic N) is 4. The average Bonchev–Trinajstić information content (AvgIpc) is 2.88. The van der Waals surface area contributed by atoms with Gasteiger partial charge in [-0.2, -0.15) is 0 Å². The Hall–Kier alpha value is -5.24. The number of nitrogens with one attached hydrogen (secondary N) is 2. The van der Waals surface area contributed by atoms with Gasteiger partial charge in [-0.25, -0.2) is 23.1 Å². The van der Waals surface area contributed by atoms with Crippen molar-refractivity contribution >= 4 is 38.9 Å². The molecule has 0 radical (unpaired) electrons. The summed E-state index contributed by atoms with van der Waals surface area (Å²) in [7, 11) is -4.16. The number of carbonyl (C=O) groups excluding carboxylic acids is 1. The number of amides is 1. The van der Waals surface area contributed by atoms with Crippen LogP contribution >= 0.6 is 0 Å². The second kappa shape index (κ2) is 10.4. The molecule has 1 heterocycles. The van der Waals surface area contributed by atoms with Crippen LogP contribution < -0.4 is 10.0 Å². The summed E-state index contributed by atoms with van der Waals surface area (Å²) < 4.78 is 28.4. The summed E-state index contributed by atoms with van der Waals surface area (Å²) in [5.74, 6) is -0.603. The molecule has 1 aromatic heterocycles. The minimum Gasteiger partial charge on any atom is -0.326 e. The first kappa shape index (κ1) is 25.8. The van der Waals surface area contributed by atoms with Crippen molar-refractivity contribution in [2.45, 2.75) is 11.8 Å². The molecule has 0 spiro atoms. The number of nitro groups is 2. The molecule has 0 unspecified atom stereocenters. The maximum atomic E-state index is 13.0. The zero-order chi connectivity index (χ0) is 27.4. The average molecular weight is 535 g/mol. The topological polar surface area (TPSA) is 187 Å². The van der Waals surface area contributed by atoms with Crippen LogP contribution in [0.2, 0.25) is 0 Å². The number of hydrogen-bond acceptors (Lipinski definition) is 9. The molecule has 13 nitrogen and oxygen atoms in total. The van der Waals surface area contributed by atoms with Crippen molar-refractivity contribution in [2.75, 3.05) is 10.0 Å². The van der Waals surface area contributed by atoms with Gasteiger partial charge < -0.3 is 5.32 Å². The molecule has 0 aliphatic carbocycles. The highest BCUT2D eigenvalue weighted by Crippen LogP contribution is 2.28. The summed E-state index contributed by atoms with van der Waals surface area (Å²) in [5, 5.41) is 24.6. The molecule has 4 aromatic rings. The number of rotatable bonds is 8.